The number of amides is 1. The molecule has 0 unspecified atom stereocenters. The zero-order valence-electron chi connectivity index (χ0n) is 9.58. The highest BCUT2D eigenvalue weighted by molar-refractivity contribution is 6.37. The number of halogens is 3. The van der Waals surface area contributed by atoms with Crippen molar-refractivity contribution in [3.63, 3.8) is 0 Å². The third kappa shape index (κ3) is 3.32. The summed E-state index contributed by atoms with van der Waals surface area (Å²) in [6, 6.07) is 9.46. The highest BCUT2D eigenvalue weighted by Gasteiger charge is 2.10. The van der Waals surface area contributed by atoms with Crippen LogP contribution in [-0.2, 0) is 0 Å². The van der Waals surface area contributed by atoms with Gasteiger partial charge in [0, 0.05) is 10.6 Å². The van der Waals surface area contributed by atoms with Crippen LogP contribution in [0.1, 0.15) is 10.4 Å². The Bertz CT molecular complexity index is 644. The minimum Gasteiger partial charge on any atom is -0.398 e. The summed E-state index contributed by atoms with van der Waals surface area (Å²) in [4.78, 5) is 12.0. The standard InChI is InChI=1S/C13H9Cl3N2O/c14-8-2-4-12(10(16)6-8)18-13(19)7-1-3-9(15)11(17)5-7/h1-6H,17H2,(H,18,19). The fraction of sp³-hybridized carbons (Fsp3) is 0. The molecule has 3 nitrogen and oxygen atoms in total. The van der Waals surface area contributed by atoms with Gasteiger partial charge >= 0.3 is 0 Å². The van der Waals surface area contributed by atoms with E-state index in [1.807, 2.05) is 0 Å². The molecule has 0 aromatic heterocycles. The van der Waals surface area contributed by atoms with Crippen LogP contribution in [0.25, 0.3) is 0 Å². The Morgan fingerprint density at radius 3 is 2.37 bits per heavy atom. The summed E-state index contributed by atoms with van der Waals surface area (Å²) >= 11 is 17.5. The van der Waals surface area contributed by atoms with Gasteiger partial charge in [-0.2, -0.15) is 0 Å². The second-order valence-electron chi connectivity index (χ2n) is 3.81. The molecular formula is C13H9Cl3N2O. The summed E-state index contributed by atoms with van der Waals surface area (Å²) in [6.07, 6.45) is 0. The molecule has 0 saturated carbocycles. The Balaban J connectivity index is 2.23. The van der Waals surface area contributed by atoms with Gasteiger partial charge in [-0.15, -0.1) is 0 Å². The highest BCUT2D eigenvalue weighted by Crippen LogP contribution is 2.26. The van der Waals surface area contributed by atoms with Crippen LogP contribution >= 0.6 is 34.8 Å². The summed E-state index contributed by atoms with van der Waals surface area (Å²) in [5.41, 5.74) is 6.86. The molecule has 2 rings (SSSR count). The molecule has 0 aliphatic rings. The molecule has 0 saturated heterocycles. The van der Waals surface area contributed by atoms with Crippen LogP contribution in [0.2, 0.25) is 15.1 Å². The van der Waals surface area contributed by atoms with E-state index in [-0.39, 0.29) is 5.91 Å². The van der Waals surface area contributed by atoms with Crippen molar-refractivity contribution in [2.45, 2.75) is 0 Å². The predicted octanol–water partition coefficient (Wildman–Crippen LogP) is 4.48. The molecule has 0 bridgehead atoms. The average Bonchev–Trinajstić information content (AvgIpc) is 2.36. The van der Waals surface area contributed by atoms with E-state index < -0.39 is 0 Å². The third-order valence-electron chi connectivity index (χ3n) is 2.44. The van der Waals surface area contributed by atoms with Gasteiger partial charge in [-0.25, -0.2) is 0 Å². The molecule has 3 N–H and O–H groups in total. The van der Waals surface area contributed by atoms with Crippen LogP contribution in [0, 0.1) is 0 Å². The molecule has 0 heterocycles. The largest absolute Gasteiger partial charge is 0.398 e. The number of nitrogens with one attached hydrogen (secondary N) is 1. The Labute approximate surface area is 125 Å². The molecule has 0 fully saturated rings. The lowest BCUT2D eigenvalue weighted by atomic mass is 10.2. The van der Waals surface area contributed by atoms with E-state index in [2.05, 4.69) is 5.32 Å². The van der Waals surface area contributed by atoms with Crippen molar-refractivity contribution in [1.29, 1.82) is 0 Å². The topological polar surface area (TPSA) is 55.1 Å². The lowest BCUT2D eigenvalue weighted by molar-refractivity contribution is 0.102. The van der Waals surface area contributed by atoms with Crippen LogP contribution in [0.15, 0.2) is 36.4 Å². The number of hydrogen-bond acceptors (Lipinski definition) is 2. The summed E-state index contributed by atoms with van der Waals surface area (Å²) in [6.45, 7) is 0. The Morgan fingerprint density at radius 1 is 1.00 bits per heavy atom. The first-order valence-corrected chi connectivity index (χ1v) is 6.42. The van der Waals surface area contributed by atoms with Crippen molar-refractivity contribution >= 4 is 52.1 Å². The molecule has 2 aromatic carbocycles. The Morgan fingerprint density at radius 2 is 1.74 bits per heavy atom. The van der Waals surface area contributed by atoms with Gasteiger partial charge in [-0.1, -0.05) is 34.8 Å². The van der Waals surface area contributed by atoms with Crippen molar-refractivity contribution < 1.29 is 4.79 Å². The number of hydrogen-bond donors (Lipinski definition) is 2. The molecule has 6 heteroatoms. The SMILES string of the molecule is Nc1cc(C(=O)Nc2ccc(Cl)cc2Cl)ccc1Cl. The number of anilines is 2. The first-order valence-electron chi connectivity index (χ1n) is 5.29. The zero-order valence-corrected chi connectivity index (χ0v) is 11.9. The summed E-state index contributed by atoms with van der Waals surface area (Å²) < 4.78 is 0. The molecule has 98 valence electrons. The van der Waals surface area contributed by atoms with E-state index >= 15 is 0 Å². The van der Waals surface area contributed by atoms with Crippen molar-refractivity contribution in [3.05, 3.63) is 57.0 Å². The molecular weight excluding hydrogens is 307 g/mol. The molecule has 0 radical (unpaired) electrons. The van der Waals surface area contributed by atoms with E-state index in [0.717, 1.165) is 0 Å². The van der Waals surface area contributed by atoms with E-state index in [9.17, 15) is 4.79 Å². The average molecular weight is 316 g/mol. The Kier molecular flexibility index (Phi) is 4.20. The maximum absolute atomic E-state index is 12.0. The van der Waals surface area contributed by atoms with Crippen molar-refractivity contribution in [1.82, 2.24) is 0 Å². The van der Waals surface area contributed by atoms with E-state index in [0.29, 0.717) is 32.0 Å². The first-order chi connectivity index (χ1) is 8.97. The summed E-state index contributed by atoms with van der Waals surface area (Å²) in [5, 5.41) is 3.94. The minimum absolute atomic E-state index is 0.326. The molecule has 2 aromatic rings. The van der Waals surface area contributed by atoms with Crippen molar-refractivity contribution in [3.8, 4) is 0 Å². The highest BCUT2D eigenvalue weighted by atomic mass is 35.5. The van der Waals surface area contributed by atoms with Gasteiger partial charge in [0.25, 0.3) is 5.91 Å². The molecule has 0 aliphatic carbocycles. The van der Waals surface area contributed by atoms with Crippen LogP contribution in [0.4, 0.5) is 11.4 Å². The first kappa shape index (κ1) is 14.0. The van der Waals surface area contributed by atoms with Gasteiger partial charge < -0.3 is 11.1 Å². The van der Waals surface area contributed by atoms with E-state index in [1.54, 1.807) is 30.3 Å². The maximum Gasteiger partial charge on any atom is 0.255 e. The monoisotopic (exact) mass is 314 g/mol. The molecule has 0 aliphatic heterocycles. The summed E-state index contributed by atoms with van der Waals surface area (Å²) in [7, 11) is 0. The predicted molar refractivity (Wildman–Crippen MR) is 80.3 cm³/mol. The number of carbonyl (C=O) groups excluding carboxylic acids is 1. The third-order valence-corrected chi connectivity index (χ3v) is 3.33. The second kappa shape index (κ2) is 5.70. The van der Waals surface area contributed by atoms with Gasteiger partial charge in [0.05, 0.1) is 21.4 Å². The zero-order chi connectivity index (χ0) is 14.0. The smallest absolute Gasteiger partial charge is 0.255 e. The molecule has 0 spiro atoms. The fourth-order valence-electron chi connectivity index (χ4n) is 1.47. The normalized spacial score (nSPS) is 10.3. The molecule has 19 heavy (non-hydrogen) atoms. The minimum atomic E-state index is -0.326. The number of benzene rings is 2. The Hall–Kier alpha value is -1.42. The second-order valence-corrected chi connectivity index (χ2v) is 5.07. The molecule has 1 amide bonds. The molecule has 0 atom stereocenters. The fourth-order valence-corrected chi connectivity index (χ4v) is 2.04. The quantitative estimate of drug-likeness (QED) is 0.803. The van der Waals surface area contributed by atoms with E-state index in [4.69, 9.17) is 40.5 Å². The van der Waals surface area contributed by atoms with Gasteiger partial charge in [-0.3, -0.25) is 4.79 Å². The lowest BCUT2D eigenvalue weighted by Crippen LogP contribution is -2.12. The van der Waals surface area contributed by atoms with Crippen molar-refractivity contribution in [2.24, 2.45) is 0 Å². The van der Waals surface area contributed by atoms with Crippen LogP contribution in [0.5, 0.6) is 0 Å². The van der Waals surface area contributed by atoms with Gasteiger partial charge in [0.2, 0.25) is 0 Å². The number of rotatable bonds is 2. The van der Waals surface area contributed by atoms with E-state index in [1.165, 1.54) is 6.07 Å². The van der Waals surface area contributed by atoms with Gasteiger partial charge in [0.15, 0.2) is 0 Å². The summed E-state index contributed by atoms with van der Waals surface area (Å²) in [5.74, 6) is -0.326. The number of nitrogen functional groups attached to an aromatic ring is 1. The lowest BCUT2D eigenvalue weighted by Gasteiger charge is -2.08. The number of carbonyl (C=O) groups is 1. The van der Waals surface area contributed by atoms with Crippen LogP contribution < -0.4 is 11.1 Å². The van der Waals surface area contributed by atoms with Gasteiger partial charge in [-0.05, 0) is 36.4 Å². The van der Waals surface area contributed by atoms with Crippen LogP contribution in [-0.4, -0.2) is 5.91 Å². The van der Waals surface area contributed by atoms with Gasteiger partial charge in [0.1, 0.15) is 0 Å². The van der Waals surface area contributed by atoms with Crippen molar-refractivity contribution in [2.75, 3.05) is 11.1 Å². The number of nitrogens with two attached hydrogens (primary N) is 1. The van der Waals surface area contributed by atoms with Crippen LogP contribution in [0.3, 0.4) is 0 Å². The maximum atomic E-state index is 12.0.